The number of aliphatic carboxylic acids is 1. The zero-order valence-corrected chi connectivity index (χ0v) is 12.0. The summed E-state index contributed by atoms with van der Waals surface area (Å²) in [6, 6.07) is 0.447. The van der Waals surface area contributed by atoms with Crippen molar-refractivity contribution in [2.75, 3.05) is 13.1 Å². The van der Waals surface area contributed by atoms with Crippen LogP contribution >= 0.6 is 0 Å². The summed E-state index contributed by atoms with van der Waals surface area (Å²) in [5, 5.41) is 12.0. The number of hydrogen-bond donors (Lipinski definition) is 2. The predicted molar refractivity (Wildman–Crippen MR) is 74.0 cm³/mol. The fraction of sp³-hybridized carbons (Fsp3) is 0.857. The standard InChI is InChI=1S/C14H26N2O3/c1-3-11(2)15-10-13(17)16-9-5-4-6-12(16)7-8-14(18)19/h11-12,15H,3-10H2,1-2H3,(H,18,19). The maximum Gasteiger partial charge on any atom is 0.303 e. The van der Waals surface area contributed by atoms with Crippen LogP contribution in [0.15, 0.2) is 0 Å². The largest absolute Gasteiger partial charge is 0.481 e. The van der Waals surface area contributed by atoms with E-state index in [1.165, 1.54) is 0 Å². The van der Waals surface area contributed by atoms with Crippen LogP contribution in [0, 0.1) is 0 Å². The highest BCUT2D eigenvalue weighted by Crippen LogP contribution is 2.20. The van der Waals surface area contributed by atoms with Crippen LogP contribution in [0.25, 0.3) is 0 Å². The molecule has 0 bridgehead atoms. The van der Waals surface area contributed by atoms with E-state index in [4.69, 9.17) is 5.11 Å². The Morgan fingerprint density at radius 1 is 1.42 bits per heavy atom. The molecule has 5 heteroatoms. The number of nitrogens with zero attached hydrogens (tertiary/aromatic N) is 1. The van der Waals surface area contributed by atoms with E-state index in [1.54, 1.807) is 0 Å². The monoisotopic (exact) mass is 270 g/mol. The van der Waals surface area contributed by atoms with Crippen molar-refractivity contribution in [2.45, 2.75) is 64.5 Å². The summed E-state index contributed by atoms with van der Waals surface area (Å²) in [7, 11) is 0. The van der Waals surface area contributed by atoms with Gasteiger partial charge in [0.2, 0.25) is 5.91 Å². The lowest BCUT2D eigenvalue weighted by Gasteiger charge is -2.36. The molecular formula is C14H26N2O3. The molecular weight excluding hydrogens is 244 g/mol. The topological polar surface area (TPSA) is 69.6 Å². The first-order chi connectivity index (χ1) is 9.04. The third-order valence-corrected chi connectivity index (χ3v) is 3.85. The molecule has 1 aliphatic rings. The molecule has 5 nitrogen and oxygen atoms in total. The van der Waals surface area contributed by atoms with Crippen LogP contribution in [0.1, 0.15) is 52.4 Å². The van der Waals surface area contributed by atoms with Gasteiger partial charge in [0, 0.05) is 25.0 Å². The molecule has 2 N–H and O–H groups in total. The van der Waals surface area contributed by atoms with Crippen LogP contribution in [0.5, 0.6) is 0 Å². The van der Waals surface area contributed by atoms with Crippen molar-refractivity contribution in [3.63, 3.8) is 0 Å². The maximum atomic E-state index is 12.2. The van der Waals surface area contributed by atoms with Crippen molar-refractivity contribution >= 4 is 11.9 Å². The maximum absolute atomic E-state index is 12.2. The van der Waals surface area contributed by atoms with E-state index in [-0.39, 0.29) is 18.4 Å². The third kappa shape index (κ3) is 5.59. The minimum atomic E-state index is -0.782. The first kappa shape index (κ1) is 16.0. The number of likely N-dealkylation sites (tertiary alicyclic amines) is 1. The third-order valence-electron chi connectivity index (χ3n) is 3.85. The number of carboxylic acid groups (broad SMARTS) is 1. The van der Waals surface area contributed by atoms with E-state index < -0.39 is 5.97 Å². The Kier molecular flexibility index (Phi) is 6.84. The zero-order valence-electron chi connectivity index (χ0n) is 12.0. The van der Waals surface area contributed by atoms with Gasteiger partial charge in [-0.2, -0.15) is 0 Å². The second kappa shape index (κ2) is 8.15. The van der Waals surface area contributed by atoms with Gasteiger partial charge < -0.3 is 15.3 Å². The quantitative estimate of drug-likeness (QED) is 0.737. The molecule has 1 saturated heterocycles. The molecule has 0 saturated carbocycles. The zero-order chi connectivity index (χ0) is 14.3. The minimum absolute atomic E-state index is 0.107. The van der Waals surface area contributed by atoms with Gasteiger partial charge in [-0.1, -0.05) is 6.92 Å². The summed E-state index contributed by atoms with van der Waals surface area (Å²) in [6.45, 7) is 5.27. The summed E-state index contributed by atoms with van der Waals surface area (Å²) in [5.41, 5.74) is 0. The Labute approximate surface area is 115 Å². The van der Waals surface area contributed by atoms with Gasteiger partial charge in [-0.05, 0) is 39.0 Å². The highest BCUT2D eigenvalue weighted by atomic mass is 16.4. The Hall–Kier alpha value is -1.10. The molecule has 1 amide bonds. The van der Waals surface area contributed by atoms with Gasteiger partial charge in [0.05, 0.1) is 6.54 Å². The minimum Gasteiger partial charge on any atom is -0.481 e. The molecule has 1 aliphatic heterocycles. The molecule has 110 valence electrons. The molecule has 0 aromatic heterocycles. The van der Waals surface area contributed by atoms with Gasteiger partial charge in [0.25, 0.3) is 0 Å². The van der Waals surface area contributed by atoms with Crippen molar-refractivity contribution < 1.29 is 14.7 Å². The lowest BCUT2D eigenvalue weighted by molar-refractivity contribution is -0.139. The van der Waals surface area contributed by atoms with E-state index in [2.05, 4.69) is 19.2 Å². The van der Waals surface area contributed by atoms with E-state index in [0.29, 0.717) is 19.0 Å². The molecule has 1 rings (SSSR count). The fourth-order valence-electron chi connectivity index (χ4n) is 2.43. The number of nitrogens with one attached hydrogen (secondary N) is 1. The molecule has 0 aromatic rings. The number of piperidine rings is 1. The molecule has 0 aromatic carbocycles. The van der Waals surface area contributed by atoms with Crippen molar-refractivity contribution in [2.24, 2.45) is 0 Å². The van der Waals surface area contributed by atoms with E-state index in [9.17, 15) is 9.59 Å². The van der Waals surface area contributed by atoms with E-state index >= 15 is 0 Å². The van der Waals surface area contributed by atoms with Crippen LogP contribution in [-0.2, 0) is 9.59 Å². The molecule has 1 heterocycles. The normalized spacial score (nSPS) is 21.2. The second-order valence-electron chi connectivity index (χ2n) is 5.36. The summed E-state index contributed by atoms with van der Waals surface area (Å²) < 4.78 is 0. The van der Waals surface area contributed by atoms with Crippen LogP contribution in [0.2, 0.25) is 0 Å². The van der Waals surface area contributed by atoms with Crippen molar-refractivity contribution in [1.82, 2.24) is 10.2 Å². The van der Waals surface area contributed by atoms with Gasteiger partial charge >= 0.3 is 5.97 Å². The lowest BCUT2D eigenvalue weighted by atomic mass is 9.98. The van der Waals surface area contributed by atoms with Gasteiger partial charge in [-0.15, -0.1) is 0 Å². The molecule has 2 atom stereocenters. The van der Waals surface area contributed by atoms with E-state index in [1.807, 2.05) is 4.90 Å². The average Bonchev–Trinajstić information content (AvgIpc) is 2.42. The van der Waals surface area contributed by atoms with Gasteiger partial charge in [0.1, 0.15) is 0 Å². The fourth-order valence-corrected chi connectivity index (χ4v) is 2.43. The highest BCUT2D eigenvalue weighted by Gasteiger charge is 2.26. The van der Waals surface area contributed by atoms with Gasteiger partial charge in [-0.25, -0.2) is 0 Å². The summed E-state index contributed by atoms with van der Waals surface area (Å²) in [5.74, 6) is -0.675. The first-order valence-electron chi connectivity index (χ1n) is 7.29. The van der Waals surface area contributed by atoms with E-state index in [0.717, 1.165) is 32.2 Å². The summed E-state index contributed by atoms with van der Waals surface area (Å²) in [6.07, 6.45) is 4.77. The van der Waals surface area contributed by atoms with Crippen molar-refractivity contribution in [1.29, 1.82) is 0 Å². The number of carbonyl (C=O) groups excluding carboxylic acids is 1. The molecule has 0 aliphatic carbocycles. The number of carbonyl (C=O) groups is 2. The highest BCUT2D eigenvalue weighted by molar-refractivity contribution is 5.78. The summed E-state index contributed by atoms with van der Waals surface area (Å²) in [4.78, 5) is 24.7. The Bertz CT molecular complexity index is 307. The number of rotatable bonds is 7. The Morgan fingerprint density at radius 3 is 2.79 bits per heavy atom. The van der Waals surface area contributed by atoms with Crippen molar-refractivity contribution in [3.05, 3.63) is 0 Å². The Balaban J connectivity index is 2.46. The number of hydrogen-bond acceptors (Lipinski definition) is 3. The van der Waals surface area contributed by atoms with Crippen LogP contribution in [-0.4, -0.2) is 47.1 Å². The molecule has 0 spiro atoms. The van der Waals surface area contributed by atoms with Crippen LogP contribution < -0.4 is 5.32 Å². The van der Waals surface area contributed by atoms with Crippen LogP contribution in [0.4, 0.5) is 0 Å². The number of carboxylic acids is 1. The van der Waals surface area contributed by atoms with Gasteiger partial charge in [-0.3, -0.25) is 9.59 Å². The molecule has 1 fully saturated rings. The summed E-state index contributed by atoms with van der Waals surface area (Å²) >= 11 is 0. The van der Waals surface area contributed by atoms with Crippen LogP contribution in [0.3, 0.4) is 0 Å². The molecule has 0 radical (unpaired) electrons. The second-order valence-corrected chi connectivity index (χ2v) is 5.36. The predicted octanol–water partition coefficient (Wildman–Crippen LogP) is 1.62. The Morgan fingerprint density at radius 2 is 2.16 bits per heavy atom. The first-order valence-corrected chi connectivity index (χ1v) is 7.29. The van der Waals surface area contributed by atoms with Gasteiger partial charge in [0.15, 0.2) is 0 Å². The molecule has 2 unspecified atom stereocenters. The number of amides is 1. The lowest BCUT2D eigenvalue weighted by Crippen LogP contribution is -2.48. The average molecular weight is 270 g/mol. The van der Waals surface area contributed by atoms with Crippen molar-refractivity contribution in [3.8, 4) is 0 Å². The SMILES string of the molecule is CCC(C)NCC(=O)N1CCCCC1CCC(=O)O. The molecule has 19 heavy (non-hydrogen) atoms. The smallest absolute Gasteiger partial charge is 0.303 e.